The van der Waals surface area contributed by atoms with Crippen LogP contribution in [-0.2, 0) is 11.8 Å². The fraction of sp³-hybridized carbons (Fsp3) is 0.333. The Morgan fingerprint density at radius 1 is 1.30 bits per heavy atom. The Kier molecular flexibility index (Phi) is 2.97. The monoisotopic (exact) mass is 272 g/mol. The van der Waals surface area contributed by atoms with Crippen LogP contribution in [0.3, 0.4) is 0 Å². The van der Waals surface area contributed by atoms with Gasteiger partial charge in [-0.25, -0.2) is 0 Å². The molecule has 1 aliphatic rings. The predicted octanol–water partition coefficient (Wildman–Crippen LogP) is 1.77. The number of aliphatic carboxylic acids is 1. The summed E-state index contributed by atoms with van der Waals surface area (Å²) >= 11 is 0. The maximum absolute atomic E-state index is 12.3. The Labute approximate surface area is 116 Å². The predicted molar refractivity (Wildman–Crippen MR) is 74.5 cm³/mol. The molecule has 1 amide bonds. The standard InChI is InChI=1S/C15H16N2O3/c1-17-8-12(11-4-2-3-5-13(11)17)14(18)16-10-6-9(7-10)15(19)20/h2-5,8-10H,6-7H2,1H3,(H,16,18)(H,19,20). The molecule has 5 nitrogen and oxygen atoms in total. The van der Waals surface area contributed by atoms with E-state index in [9.17, 15) is 9.59 Å². The van der Waals surface area contributed by atoms with E-state index in [-0.39, 0.29) is 17.9 Å². The number of aromatic nitrogens is 1. The molecule has 0 unspecified atom stereocenters. The topological polar surface area (TPSA) is 71.3 Å². The van der Waals surface area contributed by atoms with E-state index in [1.54, 1.807) is 0 Å². The number of carbonyl (C=O) groups is 2. The maximum atomic E-state index is 12.3. The molecule has 0 spiro atoms. The molecule has 0 aliphatic heterocycles. The number of rotatable bonds is 3. The lowest BCUT2D eigenvalue weighted by molar-refractivity contribution is -0.145. The third-order valence-corrected chi connectivity index (χ3v) is 3.96. The summed E-state index contributed by atoms with van der Waals surface area (Å²) in [7, 11) is 1.91. The molecule has 104 valence electrons. The molecule has 0 radical (unpaired) electrons. The van der Waals surface area contributed by atoms with E-state index in [0.717, 1.165) is 10.9 Å². The normalized spacial score (nSPS) is 21.4. The lowest BCUT2D eigenvalue weighted by Gasteiger charge is -2.32. The van der Waals surface area contributed by atoms with Gasteiger partial charge in [-0.05, 0) is 18.9 Å². The second-order valence-corrected chi connectivity index (χ2v) is 5.35. The highest BCUT2D eigenvalue weighted by atomic mass is 16.4. The second-order valence-electron chi connectivity index (χ2n) is 5.35. The van der Waals surface area contributed by atoms with Crippen LogP contribution in [0.2, 0.25) is 0 Å². The number of carboxylic acids is 1. The lowest BCUT2D eigenvalue weighted by atomic mass is 9.80. The number of para-hydroxylation sites is 1. The van der Waals surface area contributed by atoms with Crippen molar-refractivity contribution in [1.82, 2.24) is 9.88 Å². The number of carboxylic acid groups (broad SMARTS) is 1. The molecule has 1 aromatic carbocycles. The fourth-order valence-electron chi connectivity index (χ4n) is 2.72. The molecule has 2 aromatic rings. The fourth-order valence-corrected chi connectivity index (χ4v) is 2.72. The minimum atomic E-state index is -0.777. The van der Waals surface area contributed by atoms with Gasteiger partial charge in [0.25, 0.3) is 5.91 Å². The number of nitrogens with one attached hydrogen (secondary N) is 1. The van der Waals surface area contributed by atoms with Crippen LogP contribution in [0.1, 0.15) is 23.2 Å². The zero-order chi connectivity index (χ0) is 14.3. The molecule has 1 aromatic heterocycles. The summed E-state index contributed by atoms with van der Waals surface area (Å²) in [4.78, 5) is 23.0. The maximum Gasteiger partial charge on any atom is 0.306 e. The van der Waals surface area contributed by atoms with Gasteiger partial charge in [0, 0.05) is 30.2 Å². The first kappa shape index (κ1) is 12.7. The summed E-state index contributed by atoms with van der Waals surface area (Å²) in [6, 6.07) is 7.71. The first-order valence-corrected chi connectivity index (χ1v) is 6.64. The Morgan fingerprint density at radius 2 is 2.00 bits per heavy atom. The quantitative estimate of drug-likeness (QED) is 0.894. The SMILES string of the molecule is Cn1cc(C(=O)NC2CC(C(=O)O)C2)c2ccccc21. The van der Waals surface area contributed by atoms with Gasteiger partial charge in [0.15, 0.2) is 0 Å². The van der Waals surface area contributed by atoms with Crippen molar-refractivity contribution in [3.05, 3.63) is 36.0 Å². The van der Waals surface area contributed by atoms with E-state index >= 15 is 0 Å². The van der Waals surface area contributed by atoms with E-state index in [0.29, 0.717) is 18.4 Å². The van der Waals surface area contributed by atoms with Crippen molar-refractivity contribution < 1.29 is 14.7 Å². The summed E-state index contributed by atoms with van der Waals surface area (Å²) in [6.07, 6.45) is 2.85. The molecule has 20 heavy (non-hydrogen) atoms. The van der Waals surface area contributed by atoms with Gasteiger partial charge in [0.2, 0.25) is 0 Å². The molecule has 5 heteroatoms. The Balaban J connectivity index is 1.75. The van der Waals surface area contributed by atoms with E-state index < -0.39 is 5.97 Å². The third kappa shape index (κ3) is 2.05. The second kappa shape index (κ2) is 4.67. The van der Waals surface area contributed by atoms with Gasteiger partial charge >= 0.3 is 5.97 Å². The highest BCUT2D eigenvalue weighted by molar-refractivity contribution is 6.07. The number of hydrogen-bond acceptors (Lipinski definition) is 2. The van der Waals surface area contributed by atoms with Crippen LogP contribution in [0.5, 0.6) is 0 Å². The first-order valence-electron chi connectivity index (χ1n) is 6.64. The van der Waals surface area contributed by atoms with Gasteiger partial charge in [-0.15, -0.1) is 0 Å². The zero-order valence-corrected chi connectivity index (χ0v) is 11.2. The van der Waals surface area contributed by atoms with Gasteiger partial charge in [0.1, 0.15) is 0 Å². The summed E-state index contributed by atoms with van der Waals surface area (Å²) in [5, 5.41) is 12.7. The number of hydrogen-bond donors (Lipinski definition) is 2. The third-order valence-electron chi connectivity index (χ3n) is 3.96. The number of nitrogens with zero attached hydrogens (tertiary/aromatic N) is 1. The molecule has 3 rings (SSSR count). The number of benzene rings is 1. The zero-order valence-electron chi connectivity index (χ0n) is 11.2. The van der Waals surface area contributed by atoms with Gasteiger partial charge in [-0.2, -0.15) is 0 Å². The average molecular weight is 272 g/mol. The minimum Gasteiger partial charge on any atom is -0.481 e. The van der Waals surface area contributed by atoms with Gasteiger partial charge in [0.05, 0.1) is 11.5 Å². The van der Waals surface area contributed by atoms with E-state index in [2.05, 4.69) is 5.32 Å². The van der Waals surface area contributed by atoms with Crippen molar-refractivity contribution in [2.45, 2.75) is 18.9 Å². The molecule has 1 saturated carbocycles. The molecular formula is C15H16N2O3. The van der Waals surface area contributed by atoms with Gasteiger partial charge < -0.3 is 15.0 Å². The highest BCUT2D eigenvalue weighted by Gasteiger charge is 2.35. The number of carbonyl (C=O) groups excluding carboxylic acids is 1. The Bertz CT molecular complexity index is 683. The van der Waals surface area contributed by atoms with Crippen molar-refractivity contribution in [3.8, 4) is 0 Å². The Hall–Kier alpha value is -2.30. The van der Waals surface area contributed by atoms with Crippen LogP contribution in [0.15, 0.2) is 30.5 Å². The molecule has 0 atom stereocenters. The van der Waals surface area contributed by atoms with Crippen LogP contribution in [0.25, 0.3) is 10.9 Å². The van der Waals surface area contributed by atoms with E-state index in [1.165, 1.54) is 0 Å². The smallest absolute Gasteiger partial charge is 0.306 e. The van der Waals surface area contributed by atoms with Crippen LogP contribution in [-0.4, -0.2) is 27.6 Å². The van der Waals surface area contributed by atoms with Gasteiger partial charge in [-0.1, -0.05) is 18.2 Å². The van der Waals surface area contributed by atoms with Crippen LogP contribution in [0.4, 0.5) is 0 Å². The molecule has 2 N–H and O–H groups in total. The van der Waals surface area contributed by atoms with Crippen molar-refractivity contribution in [2.75, 3.05) is 0 Å². The average Bonchev–Trinajstić information content (AvgIpc) is 2.71. The van der Waals surface area contributed by atoms with Crippen LogP contribution in [0, 0.1) is 5.92 Å². The van der Waals surface area contributed by atoms with Crippen LogP contribution >= 0.6 is 0 Å². The number of aryl methyl sites for hydroxylation is 1. The first-order chi connectivity index (χ1) is 9.56. The molecule has 1 fully saturated rings. The van der Waals surface area contributed by atoms with Gasteiger partial charge in [-0.3, -0.25) is 9.59 Å². The van der Waals surface area contributed by atoms with E-state index in [1.807, 2.05) is 42.1 Å². The molecular weight excluding hydrogens is 256 g/mol. The summed E-state index contributed by atoms with van der Waals surface area (Å²) in [5.74, 6) is -1.22. The van der Waals surface area contributed by atoms with Crippen LogP contribution < -0.4 is 5.32 Å². The summed E-state index contributed by atoms with van der Waals surface area (Å²) in [6.45, 7) is 0. The van der Waals surface area contributed by atoms with Crippen molar-refractivity contribution in [2.24, 2.45) is 13.0 Å². The molecule has 0 saturated heterocycles. The molecule has 1 aliphatic carbocycles. The minimum absolute atomic E-state index is 0.0254. The van der Waals surface area contributed by atoms with Crippen molar-refractivity contribution >= 4 is 22.8 Å². The largest absolute Gasteiger partial charge is 0.481 e. The number of amides is 1. The summed E-state index contributed by atoms with van der Waals surface area (Å²) in [5.41, 5.74) is 1.65. The lowest BCUT2D eigenvalue weighted by Crippen LogP contribution is -2.46. The molecule has 0 bridgehead atoms. The Morgan fingerprint density at radius 3 is 2.70 bits per heavy atom. The van der Waals surface area contributed by atoms with Crippen molar-refractivity contribution in [1.29, 1.82) is 0 Å². The van der Waals surface area contributed by atoms with Crippen molar-refractivity contribution in [3.63, 3.8) is 0 Å². The summed E-state index contributed by atoms with van der Waals surface area (Å²) < 4.78 is 1.92. The van der Waals surface area contributed by atoms with E-state index in [4.69, 9.17) is 5.11 Å². The molecule has 1 heterocycles. The highest BCUT2D eigenvalue weighted by Crippen LogP contribution is 2.28. The number of fused-ring (bicyclic) bond motifs is 1.